The summed E-state index contributed by atoms with van der Waals surface area (Å²) in [5, 5.41) is 6.59. The molecule has 2 amide bonds. The molecule has 28 heavy (non-hydrogen) atoms. The van der Waals surface area contributed by atoms with Crippen LogP contribution in [0.4, 0.5) is 4.79 Å². The lowest BCUT2D eigenvalue weighted by Crippen LogP contribution is -2.49. The third-order valence-electron chi connectivity index (χ3n) is 4.30. The second-order valence-corrected chi connectivity index (χ2v) is 6.83. The highest BCUT2D eigenvalue weighted by Gasteiger charge is 2.23. The molecule has 0 spiro atoms. The lowest BCUT2D eigenvalue weighted by atomic mass is 10.0. The van der Waals surface area contributed by atoms with Crippen LogP contribution in [0.2, 0.25) is 0 Å². The molecule has 8 heteroatoms. The van der Waals surface area contributed by atoms with E-state index in [9.17, 15) is 9.59 Å². The monoisotopic (exact) mass is 383 g/mol. The number of alkyl carbamates (subject to hydrolysis) is 1. The van der Waals surface area contributed by atoms with Gasteiger partial charge in [-0.3, -0.25) is 4.79 Å². The number of aromatic nitrogens is 3. The van der Waals surface area contributed by atoms with Crippen molar-refractivity contribution >= 4 is 22.9 Å². The Kier molecular flexibility index (Phi) is 6.31. The number of hydrogen-bond acceptors (Lipinski definition) is 4. The average Bonchev–Trinajstić information content (AvgIpc) is 3.31. The van der Waals surface area contributed by atoms with Crippen LogP contribution in [0.1, 0.15) is 25.1 Å². The largest absolute Gasteiger partial charge is 0.447 e. The van der Waals surface area contributed by atoms with Gasteiger partial charge in [0.15, 0.2) is 0 Å². The number of ether oxygens (including phenoxy) is 1. The molecule has 1 aromatic carbocycles. The predicted octanol–water partition coefficient (Wildman–Crippen LogP) is 2.30. The summed E-state index contributed by atoms with van der Waals surface area (Å²) >= 11 is 0. The molecule has 148 valence electrons. The number of H-pyrrole nitrogens is 2. The molecule has 2 heterocycles. The minimum atomic E-state index is -0.743. The highest BCUT2D eigenvalue weighted by atomic mass is 16.6. The molecule has 2 aromatic heterocycles. The number of hydrogen-bond donors (Lipinski definition) is 4. The average molecular weight is 383 g/mol. The number of nitrogens with one attached hydrogen (secondary N) is 4. The highest BCUT2D eigenvalue weighted by molar-refractivity contribution is 5.88. The summed E-state index contributed by atoms with van der Waals surface area (Å²) in [5.41, 5.74) is 2.87. The molecule has 8 nitrogen and oxygen atoms in total. The van der Waals surface area contributed by atoms with E-state index in [-0.39, 0.29) is 12.0 Å². The summed E-state index contributed by atoms with van der Waals surface area (Å²) in [5.74, 6) is -0.259. The third-order valence-corrected chi connectivity index (χ3v) is 4.30. The van der Waals surface area contributed by atoms with Crippen molar-refractivity contribution in [1.82, 2.24) is 25.6 Å². The van der Waals surface area contributed by atoms with E-state index in [2.05, 4.69) is 25.6 Å². The molecular formula is C20H25N5O3. The van der Waals surface area contributed by atoms with Gasteiger partial charge in [0.2, 0.25) is 5.91 Å². The number of carbonyl (C=O) groups excluding carboxylic acids is 2. The molecule has 0 saturated heterocycles. The second kappa shape index (κ2) is 9.07. The van der Waals surface area contributed by atoms with Crippen molar-refractivity contribution in [3.05, 3.63) is 54.2 Å². The van der Waals surface area contributed by atoms with Crippen molar-refractivity contribution in [1.29, 1.82) is 0 Å². The van der Waals surface area contributed by atoms with Crippen LogP contribution in [-0.4, -0.2) is 45.6 Å². The quantitative estimate of drug-likeness (QED) is 0.478. The minimum absolute atomic E-state index is 0.259. The first-order valence-electron chi connectivity index (χ1n) is 9.30. The van der Waals surface area contributed by atoms with Gasteiger partial charge in [-0.05, 0) is 25.5 Å². The van der Waals surface area contributed by atoms with Crippen LogP contribution in [0, 0.1) is 0 Å². The number of para-hydroxylation sites is 1. The number of imidazole rings is 1. The van der Waals surface area contributed by atoms with Gasteiger partial charge in [0.25, 0.3) is 0 Å². The molecular weight excluding hydrogens is 358 g/mol. The zero-order chi connectivity index (χ0) is 19.9. The molecule has 0 aliphatic rings. The zero-order valence-corrected chi connectivity index (χ0v) is 16.0. The summed E-state index contributed by atoms with van der Waals surface area (Å²) in [7, 11) is 0. The fraction of sp³-hybridized carbons (Fsp3) is 0.350. The number of amides is 2. The van der Waals surface area contributed by atoms with E-state index in [0.717, 1.165) is 22.2 Å². The van der Waals surface area contributed by atoms with Gasteiger partial charge in [-0.15, -0.1) is 0 Å². The first-order chi connectivity index (χ1) is 13.5. The molecule has 0 aliphatic carbocycles. The molecule has 3 rings (SSSR count). The number of carbonyl (C=O) groups is 2. The Labute approximate surface area is 163 Å². The molecule has 1 atom stereocenters. The Morgan fingerprint density at radius 1 is 1.21 bits per heavy atom. The number of benzene rings is 1. The molecule has 0 saturated carbocycles. The van der Waals surface area contributed by atoms with Crippen molar-refractivity contribution in [2.75, 3.05) is 6.54 Å². The van der Waals surface area contributed by atoms with E-state index in [1.165, 1.54) is 0 Å². The third kappa shape index (κ3) is 5.12. The molecule has 0 aliphatic heterocycles. The Bertz CT molecular complexity index is 917. The zero-order valence-electron chi connectivity index (χ0n) is 16.0. The second-order valence-electron chi connectivity index (χ2n) is 6.83. The number of aromatic amines is 2. The number of rotatable bonds is 8. The van der Waals surface area contributed by atoms with E-state index in [1.807, 2.05) is 30.5 Å². The van der Waals surface area contributed by atoms with E-state index in [4.69, 9.17) is 4.74 Å². The van der Waals surface area contributed by atoms with Crippen molar-refractivity contribution in [2.45, 2.75) is 38.8 Å². The maximum atomic E-state index is 12.7. The molecule has 4 N–H and O–H groups in total. The van der Waals surface area contributed by atoms with Crippen LogP contribution >= 0.6 is 0 Å². The van der Waals surface area contributed by atoms with E-state index >= 15 is 0 Å². The Balaban J connectivity index is 1.68. The van der Waals surface area contributed by atoms with Crippen LogP contribution in [0.15, 0.2) is 43.0 Å². The van der Waals surface area contributed by atoms with Crippen molar-refractivity contribution in [3.8, 4) is 0 Å². The summed E-state index contributed by atoms with van der Waals surface area (Å²) < 4.78 is 5.15. The molecule has 0 fully saturated rings. The van der Waals surface area contributed by atoms with Gasteiger partial charge < -0.3 is 25.3 Å². The van der Waals surface area contributed by atoms with Crippen LogP contribution in [0.25, 0.3) is 10.9 Å². The summed E-state index contributed by atoms with van der Waals surface area (Å²) in [6, 6.07) is 7.10. The smallest absolute Gasteiger partial charge is 0.408 e. The van der Waals surface area contributed by atoms with Crippen LogP contribution < -0.4 is 10.6 Å². The normalized spacial score (nSPS) is 12.1. The fourth-order valence-electron chi connectivity index (χ4n) is 2.99. The van der Waals surface area contributed by atoms with Crippen molar-refractivity contribution in [3.63, 3.8) is 0 Å². The SMILES string of the molecule is CC(C)OC(=O)N[C@@H](Cc1c[nH]c2ccccc12)C(=O)NCCc1cnc[nH]1. The summed E-state index contributed by atoms with van der Waals surface area (Å²) in [6.45, 7) is 3.96. The standard InChI is InChI=1S/C20H25N5O3/c1-13(2)28-20(27)25-18(19(26)22-8-7-15-11-21-12-24-15)9-14-10-23-17-6-4-3-5-16(14)17/h3-6,10-13,18,23H,7-9H2,1-2H3,(H,21,24)(H,22,26)(H,25,27)/t18-/m0/s1. The molecule has 3 aromatic rings. The van der Waals surface area contributed by atoms with Crippen LogP contribution in [0.3, 0.4) is 0 Å². The maximum Gasteiger partial charge on any atom is 0.408 e. The predicted molar refractivity (Wildman–Crippen MR) is 106 cm³/mol. The molecule has 0 radical (unpaired) electrons. The summed E-state index contributed by atoms with van der Waals surface area (Å²) in [6.07, 6.45) is 5.29. The molecule has 0 unspecified atom stereocenters. The van der Waals surface area contributed by atoms with Crippen molar-refractivity contribution in [2.24, 2.45) is 0 Å². The minimum Gasteiger partial charge on any atom is -0.447 e. The van der Waals surface area contributed by atoms with Gasteiger partial charge in [-0.1, -0.05) is 18.2 Å². The number of fused-ring (bicyclic) bond motifs is 1. The van der Waals surface area contributed by atoms with Gasteiger partial charge in [0.05, 0.1) is 12.4 Å². The van der Waals surface area contributed by atoms with E-state index in [0.29, 0.717) is 19.4 Å². The first-order valence-corrected chi connectivity index (χ1v) is 9.30. The molecule has 0 bridgehead atoms. The van der Waals surface area contributed by atoms with Gasteiger partial charge in [-0.2, -0.15) is 0 Å². The van der Waals surface area contributed by atoms with E-state index in [1.54, 1.807) is 26.4 Å². The Hall–Kier alpha value is -3.29. The lowest BCUT2D eigenvalue weighted by molar-refractivity contribution is -0.123. The topological polar surface area (TPSA) is 112 Å². The van der Waals surface area contributed by atoms with Gasteiger partial charge in [0, 0.05) is 48.4 Å². The van der Waals surface area contributed by atoms with Crippen LogP contribution in [0.5, 0.6) is 0 Å². The lowest BCUT2D eigenvalue weighted by Gasteiger charge is -2.19. The van der Waals surface area contributed by atoms with E-state index < -0.39 is 12.1 Å². The first kappa shape index (κ1) is 19.5. The fourth-order valence-corrected chi connectivity index (χ4v) is 2.99. The van der Waals surface area contributed by atoms with Gasteiger partial charge >= 0.3 is 6.09 Å². The van der Waals surface area contributed by atoms with Gasteiger partial charge in [-0.25, -0.2) is 9.78 Å². The number of nitrogens with zero attached hydrogens (tertiary/aromatic N) is 1. The Morgan fingerprint density at radius 3 is 2.79 bits per heavy atom. The highest BCUT2D eigenvalue weighted by Crippen LogP contribution is 2.19. The van der Waals surface area contributed by atoms with Gasteiger partial charge in [0.1, 0.15) is 6.04 Å². The van der Waals surface area contributed by atoms with Crippen LogP contribution in [-0.2, 0) is 22.4 Å². The Morgan fingerprint density at radius 2 is 2.04 bits per heavy atom. The summed E-state index contributed by atoms with van der Waals surface area (Å²) in [4.78, 5) is 35.0. The van der Waals surface area contributed by atoms with Crippen molar-refractivity contribution < 1.29 is 14.3 Å². The maximum absolute atomic E-state index is 12.7.